The van der Waals surface area contributed by atoms with Crippen LogP contribution >= 0.6 is 22.9 Å². The highest BCUT2D eigenvalue weighted by molar-refractivity contribution is 7.90. The van der Waals surface area contributed by atoms with E-state index in [1.807, 2.05) is 0 Å². The Hall–Kier alpha value is -2.29. The van der Waals surface area contributed by atoms with Crippen molar-refractivity contribution in [3.63, 3.8) is 0 Å². The van der Waals surface area contributed by atoms with Crippen LogP contribution in [-0.4, -0.2) is 25.6 Å². The number of nitrogens with one attached hydrogen (secondary N) is 1. The quantitative estimate of drug-likeness (QED) is 0.697. The minimum atomic E-state index is -3.47. The Labute approximate surface area is 158 Å². The highest BCUT2D eigenvalue weighted by Crippen LogP contribution is 2.27. The molecule has 9 heteroatoms. The number of carbonyl (C=O) groups excluding carboxylic acids is 1. The van der Waals surface area contributed by atoms with Crippen molar-refractivity contribution in [2.75, 3.05) is 11.6 Å². The number of sulfone groups is 1. The van der Waals surface area contributed by atoms with Gasteiger partial charge in [-0.05, 0) is 42.5 Å². The third-order valence-electron chi connectivity index (χ3n) is 3.48. The van der Waals surface area contributed by atoms with Gasteiger partial charge in [-0.2, -0.15) is 0 Å². The number of rotatable bonds is 4. The SMILES string of the molecule is CS(=O)(=O)c1ccc(Cl)c(C(=O)Nc2nc(-c3ccc(F)cc3)cs2)c1. The Bertz CT molecular complexity index is 1080. The van der Waals surface area contributed by atoms with Crippen LogP contribution in [0.25, 0.3) is 11.3 Å². The molecule has 0 unspecified atom stereocenters. The fourth-order valence-corrected chi connectivity index (χ4v) is 3.72. The molecule has 2 aromatic carbocycles. The largest absolute Gasteiger partial charge is 0.298 e. The number of thiazole rings is 1. The Morgan fingerprint density at radius 2 is 1.88 bits per heavy atom. The summed E-state index contributed by atoms with van der Waals surface area (Å²) in [7, 11) is -3.47. The van der Waals surface area contributed by atoms with Gasteiger partial charge in [-0.15, -0.1) is 11.3 Å². The second-order valence-electron chi connectivity index (χ2n) is 5.41. The number of hydrogen-bond donors (Lipinski definition) is 1. The van der Waals surface area contributed by atoms with E-state index < -0.39 is 15.7 Å². The second kappa shape index (κ2) is 7.14. The number of carbonyl (C=O) groups is 1. The molecule has 134 valence electrons. The monoisotopic (exact) mass is 410 g/mol. The molecule has 0 radical (unpaired) electrons. The third-order valence-corrected chi connectivity index (χ3v) is 5.67. The summed E-state index contributed by atoms with van der Waals surface area (Å²) in [5.41, 5.74) is 1.33. The van der Waals surface area contributed by atoms with E-state index in [0.29, 0.717) is 16.4 Å². The minimum absolute atomic E-state index is 0.00168. The van der Waals surface area contributed by atoms with Crippen molar-refractivity contribution < 1.29 is 17.6 Å². The fraction of sp³-hybridized carbons (Fsp3) is 0.0588. The van der Waals surface area contributed by atoms with E-state index in [0.717, 1.165) is 6.26 Å². The zero-order valence-electron chi connectivity index (χ0n) is 13.4. The van der Waals surface area contributed by atoms with Crippen LogP contribution < -0.4 is 5.32 Å². The molecule has 0 aliphatic heterocycles. The van der Waals surface area contributed by atoms with Gasteiger partial charge in [0.1, 0.15) is 5.82 Å². The van der Waals surface area contributed by atoms with E-state index in [4.69, 9.17) is 11.6 Å². The lowest BCUT2D eigenvalue weighted by Crippen LogP contribution is -2.13. The van der Waals surface area contributed by atoms with Crippen LogP contribution in [0.5, 0.6) is 0 Å². The fourth-order valence-electron chi connectivity index (χ4n) is 2.16. The molecule has 0 fully saturated rings. The molecule has 0 saturated carbocycles. The molecule has 1 aromatic heterocycles. The van der Waals surface area contributed by atoms with Crippen LogP contribution in [0.15, 0.2) is 52.7 Å². The van der Waals surface area contributed by atoms with Crippen molar-refractivity contribution in [1.82, 2.24) is 4.98 Å². The van der Waals surface area contributed by atoms with Gasteiger partial charge in [0, 0.05) is 17.2 Å². The molecule has 0 spiro atoms. The van der Waals surface area contributed by atoms with E-state index >= 15 is 0 Å². The Morgan fingerprint density at radius 3 is 2.54 bits per heavy atom. The summed E-state index contributed by atoms with van der Waals surface area (Å²) in [4.78, 5) is 16.7. The lowest BCUT2D eigenvalue weighted by molar-refractivity contribution is 0.102. The van der Waals surface area contributed by atoms with Gasteiger partial charge in [0.25, 0.3) is 5.91 Å². The summed E-state index contributed by atoms with van der Waals surface area (Å²) in [5, 5.41) is 4.76. The van der Waals surface area contributed by atoms with E-state index in [1.54, 1.807) is 17.5 Å². The number of nitrogens with zero attached hydrogens (tertiary/aromatic N) is 1. The molecule has 0 aliphatic rings. The topological polar surface area (TPSA) is 76.1 Å². The molecule has 5 nitrogen and oxygen atoms in total. The first-order chi connectivity index (χ1) is 12.2. The number of amides is 1. The number of benzene rings is 2. The van der Waals surface area contributed by atoms with Crippen molar-refractivity contribution in [3.8, 4) is 11.3 Å². The van der Waals surface area contributed by atoms with Gasteiger partial charge in [0.05, 0.1) is 21.2 Å². The van der Waals surface area contributed by atoms with Crippen LogP contribution in [-0.2, 0) is 9.84 Å². The van der Waals surface area contributed by atoms with Crippen molar-refractivity contribution in [2.45, 2.75) is 4.90 Å². The predicted molar refractivity (Wildman–Crippen MR) is 100 cm³/mol. The maximum atomic E-state index is 13.0. The molecular formula is C17H12ClFN2O3S2. The van der Waals surface area contributed by atoms with Gasteiger partial charge in [0.2, 0.25) is 0 Å². The molecule has 3 rings (SSSR count). The molecule has 0 saturated heterocycles. The Kier molecular flexibility index (Phi) is 5.08. The normalized spacial score (nSPS) is 11.3. The summed E-state index contributed by atoms with van der Waals surface area (Å²) < 4.78 is 36.3. The number of halogens is 2. The molecule has 1 heterocycles. The van der Waals surface area contributed by atoms with Crippen LogP contribution in [0.3, 0.4) is 0 Å². The lowest BCUT2D eigenvalue weighted by Gasteiger charge is -2.06. The first-order valence-corrected chi connectivity index (χ1v) is 10.4. The molecule has 1 amide bonds. The van der Waals surface area contributed by atoms with Gasteiger partial charge in [-0.1, -0.05) is 11.6 Å². The molecule has 26 heavy (non-hydrogen) atoms. The summed E-state index contributed by atoms with van der Waals surface area (Å²) in [6.45, 7) is 0. The Balaban J connectivity index is 1.84. The first kappa shape index (κ1) is 18.5. The van der Waals surface area contributed by atoms with E-state index in [-0.39, 0.29) is 21.3 Å². The van der Waals surface area contributed by atoms with Gasteiger partial charge in [0.15, 0.2) is 15.0 Å². The lowest BCUT2D eigenvalue weighted by atomic mass is 10.2. The standard InChI is InChI=1S/C17H12ClFN2O3S2/c1-26(23,24)12-6-7-14(18)13(8-12)16(22)21-17-20-15(9-25-17)10-2-4-11(19)5-3-10/h2-9H,1H3,(H,20,21,22). The molecular weight excluding hydrogens is 399 g/mol. The molecule has 0 bridgehead atoms. The van der Waals surface area contributed by atoms with E-state index in [2.05, 4.69) is 10.3 Å². The molecule has 3 aromatic rings. The average molecular weight is 411 g/mol. The zero-order valence-corrected chi connectivity index (χ0v) is 15.8. The number of hydrogen-bond acceptors (Lipinski definition) is 5. The van der Waals surface area contributed by atoms with Crippen molar-refractivity contribution in [2.24, 2.45) is 0 Å². The maximum absolute atomic E-state index is 13.0. The van der Waals surface area contributed by atoms with Crippen molar-refractivity contribution >= 4 is 43.8 Å². The van der Waals surface area contributed by atoms with E-state index in [1.165, 1.54) is 41.7 Å². The van der Waals surface area contributed by atoms with Crippen molar-refractivity contribution in [3.05, 3.63) is 64.2 Å². The van der Waals surface area contributed by atoms with Crippen LogP contribution in [0.4, 0.5) is 9.52 Å². The van der Waals surface area contributed by atoms with Crippen molar-refractivity contribution in [1.29, 1.82) is 0 Å². The summed E-state index contributed by atoms with van der Waals surface area (Å²) in [6.07, 6.45) is 1.05. The van der Waals surface area contributed by atoms with Gasteiger partial charge < -0.3 is 0 Å². The van der Waals surface area contributed by atoms with Gasteiger partial charge >= 0.3 is 0 Å². The van der Waals surface area contributed by atoms with Crippen LogP contribution in [0, 0.1) is 5.82 Å². The van der Waals surface area contributed by atoms with E-state index in [9.17, 15) is 17.6 Å². The predicted octanol–water partition coefficient (Wildman–Crippen LogP) is 4.26. The molecule has 1 N–H and O–H groups in total. The highest BCUT2D eigenvalue weighted by atomic mass is 35.5. The number of aromatic nitrogens is 1. The maximum Gasteiger partial charge on any atom is 0.259 e. The van der Waals surface area contributed by atoms with Crippen LogP contribution in [0.1, 0.15) is 10.4 Å². The second-order valence-corrected chi connectivity index (χ2v) is 8.69. The third kappa shape index (κ3) is 4.09. The minimum Gasteiger partial charge on any atom is -0.298 e. The van der Waals surface area contributed by atoms with Gasteiger partial charge in [-0.25, -0.2) is 17.8 Å². The average Bonchev–Trinajstić information content (AvgIpc) is 3.03. The molecule has 0 atom stereocenters. The summed E-state index contributed by atoms with van der Waals surface area (Å²) in [6, 6.07) is 9.74. The Morgan fingerprint density at radius 1 is 1.19 bits per heavy atom. The zero-order chi connectivity index (χ0) is 18.9. The first-order valence-electron chi connectivity index (χ1n) is 7.26. The summed E-state index contributed by atoms with van der Waals surface area (Å²) >= 11 is 7.20. The smallest absolute Gasteiger partial charge is 0.259 e. The van der Waals surface area contributed by atoms with Crippen LogP contribution in [0.2, 0.25) is 5.02 Å². The number of anilines is 1. The molecule has 0 aliphatic carbocycles. The van der Waals surface area contributed by atoms with Gasteiger partial charge in [-0.3, -0.25) is 10.1 Å². The summed E-state index contributed by atoms with van der Waals surface area (Å²) in [5.74, 6) is -0.918. The highest BCUT2D eigenvalue weighted by Gasteiger charge is 2.17.